The minimum atomic E-state index is -4.45. The van der Waals surface area contributed by atoms with Crippen LogP contribution in [0, 0.1) is 5.92 Å². The smallest absolute Gasteiger partial charge is 0.355 e. The molecule has 0 saturated carbocycles. The maximum Gasteiger partial charge on any atom is 0.355 e. The minimum absolute atomic E-state index is 0.0243. The Kier molecular flexibility index (Phi) is 13.0. The molecule has 0 bridgehead atoms. The molecule has 7 atom stereocenters. The van der Waals surface area contributed by atoms with Crippen molar-refractivity contribution in [2.75, 3.05) is 26.8 Å². The third-order valence-electron chi connectivity index (χ3n) is 11.4. The van der Waals surface area contributed by atoms with Gasteiger partial charge in [-0.3, -0.25) is 28.7 Å². The Balaban J connectivity index is 1.06. The number of thiophene rings is 1. The number of alkyl halides is 1. The highest BCUT2D eigenvalue weighted by molar-refractivity contribution is 7.57. The summed E-state index contributed by atoms with van der Waals surface area (Å²) in [6.07, 6.45) is 7.27. The molecule has 59 heavy (non-hydrogen) atoms. The van der Waals surface area contributed by atoms with Crippen molar-refractivity contribution in [2.24, 2.45) is 5.92 Å². The highest BCUT2D eigenvalue weighted by Gasteiger charge is 2.48. The van der Waals surface area contributed by atoms with Gasteiger partial charge in [-0.25, -0.2) is 9.48 Å². The van der Waals surface area contributed by atoms with E-state index in [9.17, 15) is 23.7 Å². The molecule has 3 aliphatic rings. The van der Waals surface area contributed by atoms with Crippen LogP contribution in [0.2, 0.25) is 0 Å². The predicted octanol–water partition coefficient (Wildman–Crippen LogP) is 7.38. The fraction of sp³-hybridized carbons (Fsp3) is 0.465. The Morgan fingerprint density at radius 1 is 1.05 bits per heavy atom. The van der Waals surface area contributed by atoms with E-state index in [0.29, 0.717) is 47.3 Å². The van der Waals surface area contributed by atoms with Crippen LogP contribution in [0.25, 0.3) is 10.1 Å². The molecule has 3 aliphatic heterocycles. The first kappa shape index (κ1) is 42.3. The van der Waals surface area contributed by atoms with Gasteiger partial charge in [0.05, 0.1) is 18.6 Å². The van der Waals surface area contributed by atoms with Crippen LogP contribution in [0.4, 0.5) is 4.39 Å². The number of para-hydroxylation sites is 1. The topological polar surface area (TPSA) is 156 Å². The zero-order chi connectivity index (χ0) is 41.8. The molecule has 3 fully saturated rings. The van der Waals surface area contributed by atoms with Gasteiger partial charge in [0.25, 0.3) is 5.91 Å². The van der Waals surface area contributed by atoms with Crippen LogP contribution in [0.15, 0.2) is 73.1 Å². The van der Waals surface area contributed by atoms with Gasteiger partial charge in [0, 0.05) is 47.7 Å². The average molecular weight is 848 g/mol. The van der Waals surface area contributed by atoms with E-state index in [4.69, 9.17) is 14.0 Å². The molecule has 4 aromatic rings. The zero-order valence-corrected chi connectivity index (χ0v) is 35.4. The van der Waals surface area contributed by atoms with Crippen LogP contribution in [0.1, 0.15) is 91.9 Å². The first-order chi connectivity index (χ1) is 28.4. The summed E-state index contributed by atoms with van der Waals surface area (Å²) in [5.74, 6) is -2.40. The number of carbonyl (C=O) groups is 4. The van der Waals surface area contributed by atoms with Crippen molar-refractivity contribution in [3.63, 3.8) is 0 Å². The molecule has 0 spiro atoms. The number of benzene rings is 2. The SMILES string of the molecule is CCCOC(=O)[C@H](C)NP(=O)(Oc1ccccc1)C(F)c1ccc2sc(C(=O)N[C@H]3CC[C@@H](C)C[C@H]4CC[C@@H](C(=O)N5CC(c6cnccc6OC)C5)N4C3=O)cc2c1. The summed E-state index contributed by atoms with van der Waals surface area (Å²) in [7, 11) is -2.83. The van der Waals surface area contributed by atoms with Gasteiger partial charge in [0.2, 0.25) is 17.7 Å². The number of esters is 1. The highest BCUT2D eigenvalue weighted by Crippen LogP contribution is 2.58. The third-order valence-corrected chi connectivity index (χ3v) is 14.7. The second-order valence-corrected chi connectivity index (χ2v) is 18.9. The van der Waals surface area contributed by atoms with Crippen molar-refractivity contribution in [1.29, 1.82) is 0 Å². The van der Waals surface area contributed by atoms with Crippen LogP contribution in [-0.4, -0.2) is 89.4 Å². The number of carbonyl (C=O) groups excluding carboxylic acids is 4. The quantitative estimate of drug-likeness (QED) is 0.0970. The maximum atomic E-state index is 16.5. The molecule has 0 aliphatic carbocycles. The van der Waals surface area contributed by atoms with Gasteiger partial charge in [-0.05, 0) is 98.7 Å². The minimum Gasteiger partial charge on any atom is -0.496 e. The number of fused-ring (bicyclic) bond motifs is 2. The summed E-state index contributed by atoms with van der Waals surface area (Å²) in [5, 5.41) is 6.10. The number of hydrogen-bond acceptors (Lipinski definition) is 10. The summed E-state index contributed by atoms with van der Waals surface area (Å²) in [6, 6.07) is 13.5. The first-order valence-corrected chi connectivity index (χ1v) is 22.8. The Morgan fingerprint density at radius 3 is 2.58 bits per heavy atom. The normalized spacial score (nSPS) is 22.9. The van der Waals surface area contributed by atoms with Crippen LogP contribution in [0.3, 0.4) is 0 Å². The fourth-order valence-electron chi connectivity index (χ4n) is 8.29. The lowest BCUT2D eigenvalue weighted by Crippen LogP contribution is -2.60. The Labute approximate surface area is 347 Å². The number of likely N-dealkylation sites (tertiary alicyclic amines) is 1. The number of ether oxygens (including phenoxy) is 2. The molecule has 2 unspecified atom stereocenters. The molecular weight excluding hydrogens is 797 g/mol. The van der Waals surface area contributed by atoms with Crippen molar-refractivity contribution in [1.82, 2.24) is 25.2 Å². The van der Waals surface area contributed by atoms with Crippen molar-refractivity contribution in [2.45, 2.75) is 95.3 Å². The summed E-state index contributed by atoms with van der Waals surface area (Å²) < 4.78 is 48.0. The van der Waals surface area contributed by atoms with Gasteiger partial charge in [-0.15, -0.1) is 11.3 Å². The van der Waals surface area contributed by atoms with Crippen molar-refractivity contribution < 1.29 is 42.1 Å². The van der Waals surface area contributed by atoms with E-state index in [0.717, 1.165) is 30.6 Å². The van der Waals surface area contributed by atoms with E-state index >= 15 is 4.39 Å². The molecule has 5 heterocycles. The molecule has 7 rings (SSSR count). The van der Waals surface area contributed by atoms with E-state index in [1.165, 1.54) is 30.4 Å². The average Bonchev–Trinajstić information content (AvgIpc) is 3.84. The number of rotatable bonds is 14. The van der Waals surface area contributed by atoms with Crippen molar-refractivity contribution in [3.05, 3.63) is 89.1 Å². The molecule has 2 N–H and O–H groups in total. The first-order valence-electron chi connectivity index (χ1n) is 20.2. The van der Waals surface area contributed by atoms with Crippen LogP contribution < -0.4 is 19.7 Å². The van der Waals surface area contributed by atoms with Gasteiger partial charge in [-0.1, -0.05) is 38.1 Å². The number of nitrogens with one attached hydrogen (secondary N) is 2. The molecule has 3 amide bonds. The van der Waals surface area contributed by atoms with Crippen LogP contribution in [-0.2, 0) is 23.7 Å². The zero-order valence-electron chi connectivity index (χ0n) is 33.7. The van der Waals surface area contributed by atoms with E-state index in [1.807, 2.05) is 13.0 Å². The number of nitrogens with zero attached hydrogens (tertiary/aromatic N) is 3. The molecule has 3 saturated heterocycles. The van der Waals surface area contributed by atoms with E-state index in [2.05, 4.69) is 22.3 Å². The standard InChI is InChI=1S/C43H51FN5O8PS/c1-5-19-56-43(53)27(3)47-58(54,57-32-9-7-6-8-10-32)39(44)28-12-16-37-29(21-28)22-38(59-37)40(50)46-34-14-11-26(2)20-31-13-15-35(49(31)41(34)51)42(52)48-24-30(25-48)33-23-45-18-17-36(33)55-4/h6-10,12,16-18,21-23,26-27,30-31,34-35,39H,5,11,13-15,19-20,24-25H2,1-4H3,(H,46,50)(H,47,54)/t26-,27+,31-,34+,35+,39?,58?/m1/s1. The van der Waals surface area contributed by atoms with E-state index in [-0.39, 0.29) is 47.6 Å². The predicted molar refractivity (Wildman–Crippen MR) is 222 cm³/mol. The van der Waals surface area contributed by atoms with Gasteiger partial charge in [0.15, 0.2) is 0 Å². The second kappa shape index (κ2) is 18.2. The van der Waals surface area contributed by atoms with Crippen LogP contribution in [0.5, 0.6) is 11.5 Å². The van der Waals surface area contributed by atoms with Gasteiger partial charge < -0.3 is 29.1 Å². The lowest BCUT2D eigenvalue weighted by atomic mass is 9.90. The molecule has 13 nitrogen and oxygen atoms in total. The Bertz CT molecular complexity index is 2220. The molecular formula is C43H51FN5O8PS. The summed E-state index contributed by atoms with van der Waals surface area (Å²) in [4.78, 5) is 62.9. The van der Waals surface area contributed by atoms with Crippen molar-refractivity contribution in [3.8, 4) is 11.5 Å². The summed E-state index contributed by atoms with van der Waals surface area (Å²) >= 11 is 1.19. The molecule has 0 radical (unpaired) electrons. The Morgan fingerprint density at radius 2 is 1.83 bits per heavy atom. The monoisotopic (exact) mass is 847 g/mol. The third kappa shape index (κ3) is 9.17. The fourth-order valence-corrected chi connectivity index (χ4v) is 11.1. The van der Waals surface area contributed by atoms with Gasteiger partial charge in [0.1, 0.15) is 29.6 Å². The maximum absolute atomic E-state index is 16.5. The van der Waals surface area contributed by atoms with Crippen LogP contribution >= 0.6 is 18.9 Å². The van der Waals surface area contributed by atoms with Gasteiger partial charge >= 0.3 is 13.5 Å². The number of aromatic nitrogens is 1. The summed E-state index contributed by atoms with van der Waals surface area (Å²) in [5.41, 5.74) is 0.977. The molecule has 314 valence electrons. The molecule has 2 aromatic heterocycles. The number of amides is 3. The Hall–Kier alpha value is -4.85. The molecule has 2 aromatic carbocycles. The van der Waals surface area contributed by atoms with E-state index < -0.39 is 43.4 Å². The van der Waals surface area contributed by atoms with Gasteiger partial charge in [-0.2, -0.15) is 0 Å². The largest absolute Gasteiger partial charge is 0.496 e. The lowest BCUT2D eigenvalue weighted by molar-refractivity contribution is -0.150. The highest BCUT2D eigenvalue weighted by atomic mass is 32.1. The number of methoxy groups -OCH3 is 1. The number of hydrogen-bond donors (Lipinski definition) is 2. The lowest BCUT2D eigenvalue weighted by Gasteiger charge is -2.43. The summed E-state index contributed by atoms with van der Waals surface area (Å²) in [6.45, 7) is 6.61. The van der Waals surface area contributed by atoms with Crippen molar-refractivity contribution >= 4 is 52.6 Å². The molecule has 16 heteroatoms. The second-order valence-electron chi connectivity index (χ2n) is 15.8. The number of pyridine rings is 1. The number of halogens is 1. The van der Waals surface area contributed by atoms with E-state index in [1.54, 1.807) is 71.8 Å².